The van der Waals surface area contributed by atoms with Gasteiger partial charge in [-0.25, -0.2) is 4.39 Å². The Morgan fingerprint density at radius 2 is 2.00 bits per heavy atom. The summed E-state index contributed by atoms with van der Waals surface area (Å²) in [5.74, 6) is -0.275. The normalized spacial score (nSPS) is 18.1. The van der Waals surface area contributed by atoms with Crippen molar-refractivity contribution in [2.24, 2.45) is 0 Å². The summed E-state index contributed by atoms with van der Waals surface area (Å²) in [6, 6.07) is 4.95. The fraction of sp³-hybridized carbons (Fsp3) is 0.647. The lowest BCUT2D eigenvalue weighted by Crippen LogP contribution is -2.41. The molecule has 1 atom stereocenters. The second-order valence-electron chi connectivity index (χ2n) is 6.03. The minimum atomic E-state index is -0.640. The van der Waals surface area contributed by atoms with Crippen LogP contribution in [-0.2, 0) is 0 Å². The second-order valence-corrected chi connectivity index (χ2v) is 6.03. The van der Waals surface area contributed by atoms with Crippen LogP contribution < -0.4 is 0 Å². The smallest absolute Gasteiger partial charge is 0.123 e. The van der Waals surface area contributed by atoms with Crippen molar-refractivity contribution in [3.05, 3.63) is 35.1 Å². The van der Waals surface area contributed by atoms with Crippen molar-refractivity contribution < 1.29 is 14.6 Å². The van der Waals surface area contributed by atoms with Crippen LogP contribution >= 0.6 is 0 Å². The van der Waals surface area contributed by atoms with Gasteiger partial charge in [0, 0.05) is 19.1 Å². The highest BCUT2D eigenvalue weighted by Crippen LogP contribution is 2.26. The number of rotatable bonds is 6. The molecular weight excluding hydrogens is 269 g/mol. The Bertz CT molecular complexity index is 446. The monoisotopic (exact) mass is 295 g/mol. The van der Waals surface area contributed by atoms with Gasteiger partial charge < -0.3 is 10.2 Å². The SMILES string of the molecule is Cc1cc(F)ccc1C(O)CN(CCO)C1CCCCC1. The number of hydrogen-bond donors (Lipinski definition) is 2. The van der Waals surface area contributed by atoms with Gasteiger partial charge in [0.2, 0.25) is 0 Å². The molecule has 1 unspecified atom stereocenters. The van der Waals surface area contributed by atoms with Crippen LogP contribution in [0.2, 0.25) is 0 Å². The highest BCUT2D eigenvalue weighted by molar-refractivity contribution is 5.28. The molecule has 1 aliphatic rings. The van der Waals surface area contributed by atoms with Gasteiger partial charge in [-0.15, -0.1) is 0 Å². The standard InChI is InChI=1S/C17H26FNO2/c1-13-11-14(18)7-8-16(13)17(21)12-19(9-10-20)15-5-3-2-4-6-15/h7-8,11,15,17,20-21H,2-6,9-10,12H2,1H3. The summed E-state index contributed by atoms with van der Waals surface area (Å²) in [6.45, 7) is 3.00. The molecule has 0 saturated heterocycles. The lowest BCUT2D eigenvalue weighted by atomic mass is 9.93. The summed E-state index contributed by atoms with van der Waals surface area (Å²) < 4.78 is 13.2. The third kappa shape index (κ3) is 4.50. The molecular formula is C17H26FNO2. The molecule has 0 heterocycles. The van der Waals surface area contributed by atoms with Gasteiger partial charge in [0.15, 0.2) is 0 Å². The molecule has 1 aliphatic carbocycles. The van der Waals surface area contributed by atoms with Crippen LogP contribution in [0.15, 0.2) is 18.2 Å². The van der Waals surface area contributed by atoms with Crippen molar-refractivity contribution in [1.29, 1.82) is 0 Å². The zero-order valence-corrected chi connectivity index (χ0v) is 12.8. The van der Waals surface area contributed by atoms with Gasteiger partial charge in [0.05, 0.1) is 12.7 Å². The van der Waals surface area contributed by atoms with Crippen molar-refractivity contribution in [1.82, 2.24) is 4.90 Å². The summed E-state index contributed by atoms with van der Waals surface area (Å²) in [4.78, 5) is 2.19. The lowest BCUT2D eigenvalue weighted by molar-refractivity contribution is 0.0597. The number of benzene rings is 1. The van der Waals surface area contributed by atoms with E-state index in [1.807, 2.05) is 6.92 Å². The van der Waals surface area contributed by atoms with Crippen molar-refractivity contribution in [3.63, 3.8) is 0 Å². The van der Waals surface area contributed by atoms with E-state index in [0.29, 0.717) is 19.1 Å². The predicted octanol–water partition coefficient (Wildman–Crippen LogP) is 2.79. The Morgan fingerprint density at radius 1 is 1.29 bits per heavy atom. The zero-order chi connectivity index (χ0) is 15.2. The maximum Gasteiger partial charge on any atom is 0.123 e. The van der Waals surface area contributed by atoms with E-state index in [2.05, 4.69) is 4.90 Å². The quantitative estimate of drug-likeness (QED) is 0.848. The lowest BCUT2D eigenvalue weighted by Gasteiger charge is -2.35. The van der Waals surface area contributed by atoms with E-state index >= 15 is 0 Å². The fourth-order valence-corrected chi connectivity index (χ4v) is 3.33. The van der Waals surface area contributed by atoms with Gasteiger partial charge in [0.25, 0.3) is 0 Å². The highest BCUT2D eigenvalue weighted by atomic mass is 19.1. The van der Waals surface area contributed by atoms with Crippen LogP contribution in [-0.4, -0.2) is 40.9 Å². The van der Waals surface area contributed by atoms with Crippen LogP contribution in [0.4, 0.5) is 4.39 Å². The number of hydrogen-bond acceptors (Lipinski definition) is 3. The summed E-state index contributed by atoms with van der Waals surface area (Å²) in [6.07, 6.45) is 5.35. The van der Waals surface area contributed by atoms with Gasteiger partial charge in [-0.3, -0.25) is 4.90 Å². The maximum atomic E-state index is 13.2. The second kappa shape index (κ2) is 7.87. The third-order valence-corrected chi connectivity index (χ3v) is 4.48. The number of aliphatic hydroxyl groups is 2. The van der Waals surface area contributed by atoms with E-state index in [0.717, 1.165) is 24.0 Å². The average Bonchev–Trinajstić information content (AvgIpc) is 2.47. The fourth-order valence-electron chi connectivity index (χ4n) is 3.33. The number of aryl methyl sites for hydroxylation is 1. The Hall–Kier alpha value is -0.970. The molecule has 21 heavy (non-hydrogen) atoms. The molecule has 3 nitrogen and oxygen atoms in total. The van der Waals surface area contributed by atoms with E-state index < -0.39 is 6.10 Å². The van der Waals surface area contributed by atoms with E-state index in [1.165, 1.54) is 31.4 Å². The first-order valence-corrected chi connectivity index (χ1v) is 7.91. The molecule has 0 spiro atoms. The van der Waals surface area contributed by atoms with Crippen molar-refractivity contribution in [2.75, 3.05) is 19.7 Å². The van der Waals surface area contributed by atoms with Crippen LogP contribution in [0.1, 0.15) is 49.3 Å². The molecule has 1 aromatic rings. The third-order valence-electron chi connectivity index (χ3n) is 4.48. The first-order valence-electron chi connectivity index (χ1n) is 7.91. The van der Waals surface area contributed by atoms with Gasteiger partial charge in [-0.1, -0.05) is 25.3 Å². The minimum Gasteiger partial charge on any atom is -0.395 e. The van der Waals surface area contributed by atoms with E-state index in [4.69, 9.17) is 0 Å². The Kier molecular flexibility index (Phi) is 6.15. The Morgan fingerprint density at radius 3 is 2.62 bits per heavy atom. The topological polar surface area (TPSA) is 43.7 Å². The molecule has 0 bridgehead atoms. The number of halogens is 1. The van der Waals surface area contributed by atoms with Gasteiger partial charge in [-0.05, 0) is 43.0 Å². The number of nitrogens with zero attached hydrogens (tertiary/aromatic N) is 1. The van der Waals surface area contributed by atoms with Crippen molar-refractivity contribution >= 4 is 0 Å². The molecule has 0 radical (unpaired) electrons. The van der Waals surface area contributed by atoms with Gasteiger partial charge >= 0.3 is 0 Å². The maximum absolute atomic E-state index is 13.2. The molecule has 0 aliphatic heterocycles. The molecule has 4 heteroatoms. The van der Waals surface area contributed by atoms with Crippen molar-refractivity contribution in [2.45, 2.75) is 51.2 Å². The molecule has 1 saturated carbocycles. The van der Waals surface area contributed by atoms with Crippen LogP contribution in [0.5, 0.6) is 0 Å². The first kappa shape index (κ1) is 16.4. The molecule has 1 fully saturated rings. The molecule has 1 aromatic carbocycles. The van der Waals surface area contributed by atoms with E-state index in [-0.39, 0.29) is 12.4 Å². The van der Waals surface area contributed by atoms with Crippen LogP contribution in [0, 0.1) is 12.7 Å². The largest absolute Gasteiger partial charge is 0.395 e. The van der Waals surface area contributed by atoms with E-state index in [1.54, 1.807) is 6.07 Å². The molecule has 2 N–H and O–H groups in total. The summed E-state index contributed by atoms with van der Waals surface area (Å²) in [7, 11) is 0. The van der Waals surface area contributed by atoms with Gasteiger partial charge in [0.1, 0.15) is 5.82 Å². The molecule has 2 rings (SSSR count). The first-order chi connectivity index (χ1) is 10.1. The predicted molar refractivity (Wildman–Crippen MR) is 81.6 cm³/mol. The van der Waals surface area contributed by atoms with E-state index in [9.17, 15) is 14.6 Å². The summed E-state index contributed by atoms with van der Waals surface area (Å²) in [5.41, 5.74) is 1.55. The summed E-state index contributed by atoms with van der Waals surface area (Å²) in [5, 5.41) is 19.7. The molecule has 118 valence electrons. The minimum absolute atomic E-state index is 0.103. The highest BCUT2D eigenvalue weighted by Gasteiger charge is 2.24. The van der Waals surface area contributed by atoms with Crippen molar-refractivity contribution in [3.8, 4) is 0 Å². The Balaban J connectivity index is 2.04. The zero-order valence-electron chi connectivity index (χ0n) is 12.8. The number of aliphatic hydroxyl groups excluding tert-OH is 2. The van der Waals surface area contributed by atoms with Crippen LogP contribution in [0.3, 0.4) is 0 Å². The molecule has 0 amide bonds. The Labute approximate surface area is 126 Å². The van der Waals surface area contributed by atoms with Crippen LogP contribution in [0.25, 0.3) is 0 Å². The molecule has 0 aromatic heterocycles. The van der Waals surface area contributed by atoms with Gasteiger partial charge in [-0.2, -0.15) is 0 Å². The average molecular weight is 295 g/mol. The summed E-state index contributed by atoms with van der Waals surface area (Å²) >= 11 is 0.